The zero-order valence-corrected chi connectivity index (χ0v) is 11.6. The van der Waals surface area contributed by atoms with Crippen LogP contribution in [0.1, 0.15) is 38.5 Å². The molecule has 4 nitrogen and oxygen atoms in total. The molecule has 2 heterocycles. The molecule has 1 atom stereocenters. The van der Waals surface area contributed by atoms with Gasteiger partial charge in [0, 0.05) is 19.0 Å². The Morgan fingerprint density at radius 1 is 1.28 bits per heavy atom. The van der Waals surface area contributed by atoms with Crippen molar-refractivity contribution in [2.75, 3.05) is 33.2 Å². The van der Waals surface area contributed by atoms with Crippen LogP contribution in [0.3, 0.4) is 0 Å². The molecule has 0 spiro atoms. The SMILES string of the molecule is CN1CCC(CNC(=O)CC2CCCCN2)CC1. The van der Waals surface area contributed by atoms with Gasteiger partial charge in [-0.1, -0.05) is 6.42 Å². The molecule has 2 saturated heterocycles. The fourth-order valence-corrected chi connectivity index (χ4v) is 2.92. The Bertz CT molecular complexity index is 256. The maximum atomic E-state index is 11.9. The first kappa shape index (κ1) is 13.8. The number of nitrogens with zero attached hydrogens (tertiary/aromatic N) is 1. The summed E-state index contributed by atoms with van der Waals surface area (Å²) in [5, 5.41) is 6.54. The van der Waals surface area contributed by atoms with Crippen molar-refractivity contribution in [1.29, 1.82) is 0 Å². The van der Waals surface area contributed by atoms with Gasteiger partial charge in [0.15, 0.2) is 0 Å². The molecule has 2 aliphatic rings. The van der Waals surface area contributed by atoms with Gasteiger partial charge in [-0.3, -0.25) is 4.79 Å². The molecular formula is C14H27N3O. The Kier molecular flexibility index (Phi) is 5.45. The summed E-state index contributed by atoms with van der Waals surface area (Å²) in [6.07, 6.45) is 6.78. The summed E-state index contributed by atoms with van der Waals surface area (Å²) in [6, 6.07) is 0.413. The molecule has 1 amide bonds. The van der Waals surface area contributed by atoms with Crippen LogP contribution in [0.4, 0.5) is 0 Å². The smallest absolute Gasteiger partial charge is 0.221 e. The van der Waals surface area contributed by atoms with Gasteiger partial charge >= 0.3 is 0 Å². The van der Waals surface area contributed by atoms with Gasteiger partial charge in [0.2, 0.25) is 5.91 Å². The quantitative estimate of drug-likeness (QED) is 0.785. The van der Waals surface area contributed by atoms with Crippen LogP contribution >= 0.6 is 0 Å². The second-order valence-electron chi connectivity index (χ2n) is 5.90. The van der Waals surface area contributed by atoms with E-state index in [1.54, 1.807) is 0 Å². The van der Waals surface area contributed by atoms with Crippen molar-refractivity contribution in [3.8, 4) is 0 Å². The van der Waals surface area contributed by atoms with Crippen LogP contribution in [0, 0.1) is 5.92 Å². The molecule has 2 fully saturated rings. The predicted octanol–water partition coefficient (Wildman–Crippen LogP) is 0.977. The van der Waals surface area contributed by atoms with Gasteiger partial charge in [-0.05, 0) is 58.3 Å². The first-order chi connectivity index (χ1) is 8.74. The molecule has 2 rings (SSSR count). The lowest BCUT2D eigenvalue weighted by atomic mass is 9.97. The first-order valence-electron chi connectivity index (χ1n) is 7.42. The second kappa shape index (κ2) is 7.10. The third kappa shape index (κ3) is 4.58. The minimum absolute atomic E-state index is 0.230. The summed E-state index contributed by atoms with van der Waals surface area (Å²) in [4.78, 5) is 14.2. The van der Waals surface area contributed by atoms with Crippen LogP contribution in [0.15, 0.2) is 0 Å². The normalized spacial score (nSPS) is 27.1. The zero-order chi connectivity index (χ0) is 12.8. The molecular weight excluding hydrogens is 226 g/mol. The monoisotopic (exact) mass is 253 g/mol. The summed E-state index contributed by atoms with van der Waals surface area (Å²) in [5.41, 5.74) is 0. The van der Waals surface area contributed by atoms with Crippen LogP contribution < -0.4 is 10.6 Å². The van der Waals surface area contributed by atoms with E-state index in [2.05, 4.69) is 22.6 Å². The molecule has 0 bridgehead atoms. The summed E-state index contributed by atoms with van der Waals surface area (Å²) in [7, 11) is 2.17. The second-order valence-corrected chi connectivity index (χ2v) is 5.90. The molecule has 4 heteroatoms. The Morgan fingerprint density at radius 2 is 2.06 bits per heavy atom. The van der Waals surface area contributed by atoms with E-state index in [4.69, 9.17) is 0 Å². The maximum Gasteiger partial charge on any atom is 0.221 e. The molecule has 0 aliphatic carbocycles. The van der Waals surface area contributed by atoms with Crippen LogP contribution in [-0.4, -0.2) is 50.1 Å². The van der Waals surface area contributed by atoms with E-state index in [0.29, 0.717) is 18.4 Å². The van der Waals surface area contributed by atoms with Crippen molar-refractivity contribution in [1.82, 2.24) is 15.5 Å². The minimum atomic E-state index is 0.230. The summed E-state index contributed by atoms with van der Waals surface area (Å²) in [5.74, 6) is 0.915. The van der Waals surface area contributed by atoms with Gasteiger partial charge in [-0.15, -0.1) is 0 Å². The number of rotatable bonds is 4. The molecule has 0 aromatic heterocycles. The van der Waals surface area contributed by atoms with E-state index in [0.717, 1.165) is 19.5 Å². The van der Waals surface area contributed by atoms with Crippen LogP contribution in [-0.2, 0) is 4.79 Å². The van der Waals surface area contributed by atoms with Crippen molar-refractivity contribution in [3.63, 3.8) is 0 Å². The summed E-state index contributed by atoms with van der Waals surface area (Å²) in [6.45, 7) is 4.29. The number of nitrogens with one attached hydrogen (secondary N) is 2. The van der Waals surface area contributed by atoms with E-state index in [-0.39, 0.29) is 5.91 Å². The highest BCUT2D eigenvalue weighted by Gasteiger charge is 2.19. The number of likely N-dealkylation sites (tertiary alicyclic amines) is 1. The third-order valence-corrected chi connectivity index (χ3v) is 4.27. The number of hydrogen-bond acceptors (Lipinski definition) is 3. The van der Waals surface area contributed by atoms with E-state index in [9.17, 15) is 4.79 Å². The molecule has 2 N–H and O–H groups in total. The Labute approximate surface area is 110 Å². The highest BCUT2D eigenvalue weighted by Crippen LogP contribution is 2.15. The van der Waals surface area contributed by atoms with Gasteiger partial charge in [0.05, 0.1) is 0 Å². The van der Waals surface area contributed by atoms with E-state index < -0.39 is 0 Å². The van der Waals surface area contributed by atoms with Gasteiger partial charge in [-0.25, -0.2) is 0 Å². The lowest BCUT2D eigenvalue weighted by Gasteiger charge is -2.29. The molecule has 0 aromatic rings. The topological polar surface area (TPSA) is 44.4 Å². The van der Waals surface area contributed by atoms with Gasteiger partial charge < -0.3 is 15.5 Å². The average molecular weight is 253 g/mol. The minimum Gasteiger partial charge on any atom is -0.356 e. The molecule has 1 unspecified atom stereocenters. The fourth-order valence-electron chi connectivity index (χ4n) is 2.92. The Balaban J connectivity index is 1.59. The molecule has 2 aliphatic heterocycles. The Hall–Kier alpha value is -0.610. The van der Waals surface area contributed by atoms with E-state index >= 15 is 0 Å². The van der Waals surface area contributed by atoms with Crippen molar-refractivity contribution >= 4 is 5.91 Å². The van der Waals surface area contributed by atoms with Gasteiger partial charge in [-0.2, -0.15) is 0 Å². The Morgan fingerprint density at radius 3 is 2.72 bits per heavy atom. The molecule has 18 heavy (non-hydrogen) atoms. The van der Waals surface area contributed by atoms with Crippen molar-refractivity contribution in [3.05, 3.63) is 0 Å². The first-order valence-corrected chi connectivity index (χ1v) is 7.42. The van der Waals surface area contributed by atoms with Gasteiger partial charge in [0.25, 0.3) is 0 Å². The van der Waals surface area contributed by atoms with Crippen LogP contribution in [0.2, 0.25) is 0 Å². The zero-order valence-electron chi connectivity index (χ0n) is 11.6. The highest BCUT2D eigenvalue weighted by atomic mass is 16.1. The number of piperidine rings is 2. The molecule has 0 aromatic carbocycles. The maximum absolute atomic E-state index is 11.9. The number of carbonyl (C=O) groups is 1. The standard InChI is InChI=1S/C14H27N3O/c1-17-8-5-12(6-9-17)11-16-14(18)10-13-4-2-3-7-15-13/h12-13,15H,2-11H2,1H3,(H,16,18). The lowest BCUT2D eigenvalue weighted by Crippen LogP contribution is -2.41. The third-order valence-electron chi connectivity index (χ3n) is 4.27. The van der Waals surface area contributed by atoms with Crippen molar-refractivity contribution < 1.29 is 4.79 Å². The molecule has 0 radical (unpaired) electrons. The van der Waals surface area contributed by atoms with Crippen LogP contribution in [0.25, 0.3) is 0 Å². The van der Waals surface area contributed by atoms with E-state index in [1.807, 2.05) is 0 Å². The lowest BCUT2D eigenvalue weighted by molar-refractivity contribution is -0.121. The van der Waals surface area contributed by atoms with E-state index in [1.165, 1.54) is 38.8 Å². The number of amides is 1. The summed E-state index contributed by atoms with van der Waals surface area (Å²) < 4.78 is 0. The van der Waals surface area contributed by atoms with Crippen molar-refractivity contribution in [2.45, 2.75) is 44.6 Å². The van der Waals surface area contributed by atoms with Gasteiger partial charge in [0.1, 0.15) is 0 Å². The average Bonchev–Trinajstić information content (AvgIpc) is 2.39. The largest absolute Gasteiger partial charge is 0.356 e. The van der Waals surface area contributed by atoms with Crippen LogP contribution in [0.5, 0.6) is 0 Å². The molecule has 0 saturated carbocycles. The van der Waals surface area contributed by atoms with Crippen molar-refractivity contribution in [2.24, 2.45) is 5.92 Å². The molecule has 104 valence electrons. The summed E-state index contributed by atoms with van der Waals surface area (Å²) >= 11 is 0. The number of hydrogen-bond donors (Lipinski definition) is 2. The number of carbonyl (C=O) groups excluding carboxylic acids is 1. The predicted molar refractivity (Wildman–Crippen MR) is 73.5 cm³/mol. The fraction of sp³-hybridized carbons (Fsp3) is 0.929. The highest BCUT2D eigenvalue weighted by molar-refractivity contribution is 5.76.